The Morgan fingerprint density at radius 3 is 2.64 bits per heavy atom. The maximum Gasteiger partial charge on any atom is 0.198 e. The van der Waals surface area contributed by atoms with Gasteiger partial charge in [0.15, 0.2) is 11.6 Å². The van der Waals surface area contributed by atoms with Crippen LogP contribution in [0.5, 0.6) is 5.75 Å². The highest BCUT2D eigenvalue weighted by atomic mass is 16.5. The molecule has 5 nitrogen and oxygen atoms in total. The Labute approximate surface area is 148 Å². The summed E-state index contributed by atoms with van der Waals surface area (Å²) in [7, 11) is 1.64. The van der Waals surface area contributed by atoms with Crippen molar-refractivity contribution in [3.63, 3.8) is 0 Å². The predicted molar refractivity (Wildman–Crippen MR) is 91.1 cm³/mol. The minimum atomic E-state index is -0.269. The Bertz CT molecular complexity index is 699. The van der Waals surface area contributed by atoms with E-state index in [-0.39, 0.29) is 40.5 Å². The highest BCUT2D eigenvalue weighted by molar-refractivity contribution is 6.37. The van der Waals surface area contributed by atoms with E-state index in [1.165, 1.54) is 12.8 Å². The minimum Gasteiger partial charge on any atom is -0.497 e. The van der Waals surface area contributed by atoms with Crippen molar-refractivity contribution in [3.05, 3.63) is 29.8 Å². The van der Waals surface area contributed by atoms with Gasteiger partial charge in [-0.3, -0.25) is 9.59 Å². The first-order valence-corrected chi connectivity index (χ1v) is 9.29. The minimum absolute atomic E-state index is 0.000468. The second kappa shape index (κ2) is 6.22. The standard InChI is InChI=1S/C20H26NO4/c1-25-16-4-2-3-15(9-16)20-17-11-19(23)18(22)10-14(17)7-8-21(20,24)12-13-5-6-13/h2-4,9,13-14,17,20,24H,5-8,10-12H2,1H3/q+1. The quantitative estimate of drug-likeness (QED) is 0.674. The first kappa shape index (κ1) is 16.7. The van der Waals surface area contributed by atoms with Gasteiger partial charge >= 0.3 is 0 Å². The smallest absolute Gasteiger partial charge is 0.198 e. The molecule has 2 aliphatic carbocycles. The fraction of sp³-hybridized carbons (Fsp3) is 0.600. The van der Waals surface area contributed by atoms with Gasteiger partial charge in [-0.1, -0.05) is 12.1 Å². The summed E-state index contributed by atoms with van der Waals surface area (Å²) < 4.78 is 5.37. The van der Waals surface area contributed by atoms with Crippen LogP contribution in [0.3, 0.4) is 0 Å². The number of piperidine rings is 1. The zero-order chi connectivity index (χ0) is 17.6. The second-order valence-electron chi connectivity index (χ2n) is 8.03. The molecule has 0 amide bonds. The fourth-order valence-corrected chi connectivity index (χ4v) is 4.87. The van der Waals surface area contributed by atoms with E-state index in [4.69, 9.17) is 4.74 Å². The average molecular weight is 344 g/mol. The first-order valence-electron chi connectivity index (χ1n) is 9.29. The van der Waals surface area contributed by atoms with Crippen molar-refractivity contribution < 1.29 is 24.2 Å². The van der Waals surface area contributed by atoms with Crippen LogP contribution < -0.4 is 4.74 Å². The second-order valence-corrected chi connectivity index (χ2v) is 8.03. The molecule has 2 saturated carbocycles. The highest BCUT2D eigenvalue weighted by Gasteiger charge is 2.54. The van der Waals surface area contributed by atoms with Crippen molar-refractivity contribution in [1.29, 1.82) is 0 Å². The summed E-state index contributed by atoms with van der Waals surface area (Å²) in [6, 6.07) is 7.67. The van der Waals surface area contributed by atoms with Crippen LogP contribution in [0.2, 0.25) is 0 Å². The molecule has 4 unspecified atom stereocenters. The Morgan fingerprint density at radius 2 is 1.92 bits per heavy atom. The molecule has 0 radical (unpaired) electrons. The molecule has 1 aromatic rings. The van der Waals surface area contributed by atoms with Crippen LogP contribution in [-0.2, 0) is 9.59 Å². The number of carbonyl (C=O) groups is 2. The molecule has 4 atom stereocenters. The summed E-state index contributed by atoms with van der Waals surface area (Å²) >= 11 is 0. The highest BCUT2D eigenvalue weighted by Crippen LogP contribution is 2.50. The number of fused-ring (bicyclic) bond motifs is 1. The van der Waals surface area contributed by atoms with Crippen LogP contribution in [0.25, 0.3) is 0 Å². The summed E-state index contributed by atoms with van der Waals surface area (Å²) in [6.07, 6.45) is 3.77. The number of ether oxygens (including phenoxy) is 1. The predicted octanol–water partition coefficient (Wildman–Crippen LogP) is 2.92. The van der Waals surface area contributed by atoms with Crippen molar-refractivity contribution in [1.82, 2.24) is 0 Å². The number of hydrogen-bond donors (Lipinski definition) is 1. The molecule has 1 saturated heterocycles. The number of carbonyl (C=O) groups excluding carboxylic acids is 2. The Kier molecular flexibility index (Phi) is 4.16. The number of Topliss-reactive ketones (excluding diaryl/α,β-unsaturated/α-hetero) is 2. The fourth-order valence-electron chi connectivity index (χ4n) is 4.87. The van der Waals surface area contributed by atoms with Gasteiger partial charge < -0.3 is 4.74 Å². The Hall–Kier alpha value is -1.72. The number of hydroxylamine groups is 3. The molecule has 1 heterocycles. The van der Waals surface area contributed by atoms with Gasteiger partial charge in [0.25, 0.3) is 0 Å². The molecule has 5 heteroatoms. The van der Waals surface area contributed by atoms with E-state index >= 15 is 0 Å². The van der Waals surface area contributed by atoms with E-state index in [1.54, 1.807) is 7.11 Å². The summed E-state index contributed by atoms with van der Waals surface area (Å²) in [5.74, 6) is 1.06. The number of likely N-dealkylation sites (tertiary alicyclic amines) is 1. The largest absolute Gasteiger partial charge is 0.497 e. The topological polar surface area (TPSA) is 63.6 Å². The molecule has 1 aliphatic heterocycles. The van der Waals surface area contributed by atoms with Gasteiger partial charge in [-0.2, -0.15) is 4.65 Å². The lowest BCUT2D eigenvalue weighted by molar-refractivity contribution is -1.13. The van der Waals surface area contributed by atoms with E-state index in [2.05, 4.69) is 0 Å². The molecule has 0 aromatic heterocycles. The molecule has 1 aromatic carbocycles. The van der Waals surface area contributed by atoms with Gasteiger partial charge in [0.05, 0.1) is 7.11 Å². The molecule has 4 rings (SSSR count). The van der Waals surface area contributed by atoms with Crippen LogP contribution in [-0.4, -0.2) is 41.6 Å². The molecular formula is C20H26NO4+. The maximum absolute atomic E-state index is 12.1. The van der Waals surface area contributed by atoms with Gasteiger partial charge in [0.1, 0.15) is 24.9 Å². The lowest BCUT2D eigenvalue weighted by atomic mass is 9.68. The van der Waals surface area contributed by atoms with E-state index in [0.29, 0.717) is 18.9 Å². The number of hydrogen-bond acceptors (Lipinski definition) is 4. The van der Waals surface area contributed by atoms with Gasteiger partial charge in [-0.05, 0) is 30.9 Å². The summed E-state index contributed by atoms with van der Waals surface area (Å²) in [4.78, 5) is 24.0. The zero-order valence-corrected chi connectivity index (χ0v) is 14.7. The third-order valence-corrected chi connectivity index (χ3v) is 6.30. The molecule has 0 bridgehead atoms. The summed E-state index contributed by atoms with van der Waals surface area (Å²) in [6.45, 7) is 1.40. The number of nitrogens with zero attached hydrogens (tertiary/aromatic N) is 1. The van der Waals surface area contributed by atoms with Crippen LogP contribution in [0.4, 0.5) is 0 Å². The van der Waals surface area contributed by atoms with E-state index in [1.807, 2.05) is 24.3 Å². The molecule has 1 N–H and O–H groups in total. The van der Waals surface area contributed by atoms with Gasteiger partial charge in [-0.25, -0.2) is 5.21 Å². The molecular weight excluding hydrogens is 318 g/mol. The number of ketones is 2. The van der Waals surface area contributed by atoms with Crippen LogP contribution >= 0.6 is 0 Å². The molecule has 0 spiro atoms. The summed E-state index contributed by atoms with van der Waals surface area (Å²) in [5, 5.41) is 11.6. The van der Waals surface area contributed by atoms with Crippen LogP contribution in [0, 0.1) is 17.8 Å². The molecule has 25 heavy (non-hydrogen) atoms. The van der Waals surface area contributed by atoms with Crippen LogP contribution in [0.1, 0.15) is 43.7 Å². The lowest BCUT2D eigenvalue weighted by Gasteiger charge is -2.49. The normalized spacial score (nSPS) is 35.4. The van der Waals surface area contributed by atoms with Crippen LogP contribution in [0.15, 0.2) is 24.3 Å². The third kappa shape index (κ3) is 3.11. The van der Waals surface area contributed by atoms with E-state index in [0.717, 1.165) is 24.3 Å². The van der Waals surface area contributed by atoms with Gasteiger partial charge in [0, 0.05) is 36.7 Å². The van der Waals surface area contributed by atoms with Crippen molar-refractivity contribution in [2.75, 3.05) is 20.2 Å². The van der Waals surface area contributed by atoms with Crippen molar-refractivity contribution in [2.24, 2.45) is 17.8 Å². The van der Waals surface area contributed by atoms with Gasteiger partial charge in [-0.15, -0.1) is 0 Å². The monoisotopic (exact) mass is 344 g/mol. The summed E-state index contributed by atoms with van der Waals surface area (Å²) in [5.41, 5.74) is 1.01. The molecule has 3 aliphatic rings. The SMILES string of the molecule is COc1cccc(C2C3CC(=O)C(=O)CC3CC[N+]2(O)CC2CC2)c1. The number of rotatable bonds is 4. The number of quaternary nitrogens is 1. The molecule has 3 fully saturated rings. The number of benzene rings is 1. The Balaban J connectivity index is 1.73. The molecule has 134 valence electrons. The van der Waals surface area contributed by atoms with Crippen molar-refractivity contribution in [2.45, 2.75) is 38.1 Å². The van der Waals surface area contributed by atoms with E-state index < -0.39 is 0 Å². The average Bonchev–Trinajstić information content (AvgIpc) is 3.40. The maximum atomic E-state index is 12.1. The van der Waals surface area contributed by atoms with Gasteiger partial charge in [0.2, 0.25) is 0 Å². The Morgan fingerprint density at radius 1 is 1.16 bits per heavy atom. The van der Waals surface area contributed by atoms with Crippen molar-refractivity contribution in [3.8, 4) is 5.75 Å². The van der Waals surface area contributed by atoms with Crippen molar-refractivity contribution >= 4 is 11.6 Å². The zero-order valence-electron chi connectivity index (χ0n) is 14.7. The van der Waals surface area contributed by atoms with E-state index in [9.17, 15) is 14.8 Å². The number of methoxy groups -OCH3 is 1. The third-order valence-electron chi connectivity index (χ3n) is 6.30. The lowest BCUT2D eigenvalue weighted by Crippen LogP contribution is -2.58. The first-order chi connectivity index (χ1) is 12.0.